The van der Waals surface area contributed by atoms with E-state index in [9.17, 15) is 0 Å². The topological polar surface area (TPSA) is 45.6 Å². The van der Waals surface area contributed by atoms with Crippen LogP contribution in [0.15, 0.2) is 42.7 Å². The van der Waals surface area contributed by atoms with Crippen molar-refractivity contribution in [1.29, 1.82) is 0 Å². The highest BCUT2D eigenvalue weighted by atomic mass is 16.5. The summed E-state index contributed by atoms with van der Waals surface area (Å²) in [6.45, 7) is 8.32. The predicted octanol–water partition coefficient (Wildman–Crippen LogP) is 2.68. The van der Waals surface area contributed by atoms with Gasteiger partial charge in [-0.3, -0.25) is 4.90 Å². The second kappa shape index (κ2) is 8.46. The highest BCUT2D eigenvalue weighted by molar-refractivity contribution is 5.46. The molecule has 156 valence electrons. The van der Waals surface area contributed by atoms with Crippen molar-refractivity contribution in [1.82, 2.24) is 19.8 Å². The Labute approximate surface area is 173 Å². The number of anilines is 1. The Bertz CT molecular complexity index is 778. The first-order valence-corrected chi connectivity index (χ1v) is 11.2. The maximum absolute atomic E-state index is 5.76. The Balaban J connectivity index is 1.26. The molecule has 3 aliphatic rings. The molecule has 3 aliphatic heterocycles. The maximum Gasteiger partial charge on any atom is 0.125 e. The highest BCUT2D eigenvalue weighted by Gasteiger charge is 2.40. The number of piperazine rings is 1. The first-order valence-electron chi connectivity index (χ1n) is 11.2. The summed E-state index contributed by atoms with van der Waals surface area (Å²) < 4.78 is 8.08. The average molecular weight is 396 g/mol. The molecule has 0 bridgehead atoms. The normalized spacial score (nSPS) is 25.0. The van der Waals surface area contributed by atoms with Gasteiger partial charge in [-0.05, 0) is 37.8 Å². The lowest BCUT2D eigenvalue weighted by molar-refractivity contribution is -0.0321. The molecule has 6 nitrogen and oxygen atoms in total. The van der Waals surface area contributed by atoms with Gasteiger partial charge in [0.25, 0.3) is 0 Å². The van der Waals surface area contributed by atoms with Crippen LogP contribution in [-0.4, -0.2) is 65.9 Å². The lowest BCUT2D eigenvalue weighted by atomic mass is 9.86. The zero-order valence-electron chi connectivity index (χ0n) is 17.3. The average Bonchev–Trinajstić information content (AvgIpc) is 3.29. The van der Waals surface area contributed by atoms with Crippen molar-refractivity contribution in [3.63, 3.8) is 0 Å². The van der Waals surface area contributed by atoms with Gasteiger partial charge < -0.3 is 19.5 Å². The van der Waals surface area contributed by atoms with Gasteiger partial charge in [0.05, 0.1) is 6.04 Å². The van der Waals surface area contributed by atoms with E-state index in [4.69, 9.17) is 4.74 Å². The second-order valence-electron chi connectivity index (χ2n) is 8.70. The molecular weight excluding hydrogens is 362 g/mol. The molecule has 1 unspecified atom stereocenters. The third kappa shape index (κ3) is 3.93. The summed E-state index contributed by atoms with van der Waals surface area (Å²) in [6.07, 6.45) is 8.72. The van der Waals surface area contributed by atoms with Crippen molar-refractivity contribution in [2.75, 3.05) is 50.8 Å². The molecule has 2 fully saturated rings. The van der Waals surface area contributed by atoms with Gasteiger partial charge in [-0.1, -0.05) is 18.2 Å². The van der Waals surface area contributed by atoms with Crippen LogP contribution in [0.25, 0.3) is 0 Å². The van der Waals surface area contributed by atoms with Crippen LogP contribution in [0.3, 0.4) is 0 Å². The van der Waals surface area contributed by atoms with Gasteiger partial charge in [-0.2, -0.15) is 0 Å². The lowest BCUT2D eigenvalue weighted by Crippen LogP contribution is -2.63. The number of hydrogen-bond donors (Lipinski definition) is 1. The molecule has 2 aromatic rings. The molecule has 1 atom stereocenters. The van der Waals surface area contributed by atoms with E-state index in [1.54, 1.807) is 0 Å². The quantitative estimate of drug-likeness (QED) is 0.843. The maximum atomic E-state index is 5.76. The van der Waals surface area contributed by atoms with Crippen LogP contribution in [0.2, 0.25) is 0 Å². The van der Waals surface area contributed by atoms with Gasteiger partial charge in [-0.25, -0.2) is 4.98 Å². The molecule has 0 spiro atoms. The summed E-state index contributed by atoms with van der Waals surface area (Å²) in [5.74, 6) is 1.22. The number of ether oxygens (including phenoxy) is 1. The standard InChI is InChI=1S/C23H33N5O/c1-2-5-20(6-3-1)26-13-15-28(16-14-26)23(8-17-29-18-9-23)19-25-21-7-4-11-27-12-10-24-22(21)27/h1-3,5-6,10,12,21,25H,4,7-9,11,13-19H2. The fraction of sp³-hybridized carbons (Fsp3) is 0.609. The fourth-order valence-corrected chi connectivity index (χ4v) is 5.36. The molecule has 0 amide bonds. The molecule has 0 saturated carbocycles. The highest BCUT2D eigenvalue weighted by Crippen LogP contribution is 2.31. The summed E-state index contributed by atoms with van der Waals surface area (Å²) in [4.78, 5) is 9.91. The monoisotopic (exact) mass is 395 g/mol. The van der Waals surface area contributed by atoms with E-state index in [2.05, 4.69) is 61.2 Å². The van der Waals surface area contributed by atoms with Gasteiger partial charge in [0.15, 0.2) is 0 Å². The van der Waals surface area contributed by atoms with Crippen LogP contribution in [0, 0.1) is 0 Å². The lowest BCUT2D eigenvalue weighted by Gasteiger charge is -2.50. The van der Waals surface area contributed by atoms with Gasteiger partial charge >= 0.3 is 0 Å². The second-order valence-corrected chi connectivity index (χ2v) is 8.70. The van der Waals surface area contributed by atoms with E-state index in [0.29, 0.717) is 6.04 Å². The Morgan fingerprint density at radius 3 is 2.62 bits per heavy atom. The molecule has 6 heteroatoms. The van der Waals surface area contributed by atoms with E-state index in [1.807, 2.05) is 6.20 Å². The number of imidazole rings is 1. The number of rotatable bonds is 5. The van der Waals surface area contributed by atoms with Gasteiger partial charge in [0, 0.05) is 76.1 Å². The largest absolute Gasteiger partial charge is 0.381 e. The van der Waals surface area contributed by atoms with E-state index in [1.165, 1.54) is 24.4 Å². The molecule has 0 aliphatic carbocycles. The summed E-state index contributed by atoms with van der Waals surface area (Å²) in [5.41, 5.74) is 1.55. The number of nitrogens with zero attached hydrogens (tertiary/aromatic N) is 4. The first-order chi connectivity index (χ1) is 14.3. The van der Waals surface area contributed by atoms with Crippen LogP contribution in [0.1, 0.15) is 37.5 Å². The number of nitrogens with one attached hydrogen (secondary N) is 1. The van der Waals surface area contributed by atoms with Crippen LogP contribution in [0.5, 0.6) is 0 Å². The van der Waals surface area contributed by atoms with Gasteiger partial charge in [0.2, 0.25) is 0 Å². The summed E-state index contributed by atoms with van der Waals surface area (Å²) in [7, 11) is 0. The smallest absolute Gasteiger partial charge is 0.125 e. The van der Waals surface area contributed by atoms with Crippen molar-refractivity contribution in [3.05, 3.63) is 48.5 Å². The summed E-state index contributed by atoms with van der Waals surface area (Å²) in [6, 6.07) is 11.2. The summed E-state index contributed by atoms with van der Waals surface area (Å²) >= 11 is 0. The molecule has 1 aromatic carbocycles. The number of aryl methyl sites for hydroxylation is 1. The number of benzene rings is 1. The first kappa shape index (κ1) is 19.1. The Morgan fingerprint density at radius 1 is 1.03 bits per heavy atom. The minimum Gasteiger partial charge on any atom is -0.381 e. The molecule has 2 saturated heterocycles. The van der Waals surface area contributed by atoms with E-state index in [0.717, 1.165) is 65.3 Å². The minimum atomic E-state index is 0.204. The van der Waals surface area contributed by atoms with Crippen LogP contribution >= 0.6 is 0 Å². The van der Waals surface area contributed by atoms with Gasteiger partial charge in [0.1, 0.15) is 5.82 Å². The number of para-hydroxylation sites is 1. The van der Waals surface area contributed by atoms with Crippen LogP contribution in [-0.2, 0) is 11.3 Å². The molecule has 1 N–H and O–H groups in total. The zero-order valence-corrected chi connectivity index (χ0v) is 17.3. The SMILES string of the molecule is c1ccc(N2CCN(C3(CNC4CCCn5ccnc54)CCOCC3)CC2)cc1. The number of fused-ring (bicyclic) bond motifs is 1. The van der Waals surface area contributed by atoms with Crippen molar-refractivity contribution < 1.29 is 4.74 Å². The fourth-order valence-electron chi connectivity index (χ4n) is 5.36. The van der Waals surface area contributed by atoms with Crippen molar-refractivity contribution in [3.8, 4) is 0 Å². The molecule has 4 heterocycles. The Hall–Kier alpha value is -1.89. The van der Waals surface area contributed by atoms with E-state index >= 15 is 0 Å². The molecule has 5 rings (SSSR count). The predicted molar refractivity (Wildman–Crippen MR) is 115 cm³/mol. The van der Waals surface area contributed by atoms with Crippen molar-refractivity contribution in [2.24, 2.45) is 0 Å². The van der Waals surface area contributed by atoms with Crippen molar-refractivity contribution in [2.45, 2.75) is 43.8 Å². The molecule has 29 heavy (non-hydrogen) atoms. The van der Waals surface area contributed by atoms with E-state index in [-0.39, 0.29) is 5.54 Å². The Kier molecular flexibility index (Phi) is 5.57. The van der Waals surface area contributed by atoms with Crippen LogP contribution in [0.4, 0.5) is 5.69 Å². The van der Waals surface area contributed by atoms with Crippen molar-refractivity contribution >= 4 is 5.69 Å². The van der Waals surface area contributed by atoms with E-state index < -0.39 is 0 Å². The minimum absolute atomic E-state index is 0.204. The Morgan fingerprint density at radius 2 is 1.83 bits per heavy atom. The molecule has 1 aromatic heterocycles. The molecular formula is C23H33N5O. The molecule has 0 radical (unpaired) electrons. The van der Waals surface area contributed by atoms with Crippen LogP contribution < -0.4 is 10.2 Å². The zero-order chi connectivity index (χ0) is 19.5. The van der Waals surface area contributed by atoms with Gasteiger partial charge in [-0.15, -0.1) is 0 Å². The number of hydrogen-bond acceptors (Lipinski definition) is 5. The third-order valence-electron chi connectivity index (χ3n) is 7.12. The summed E-state index contributed by atoms with van der Waals surface area (Å²) in [5, 5.41) is 3.92. The third-order valence-corrected chi connectivity index (χ3v) is 7.12. The number of aromatic nitrogens is 2.